The maximum atomic E-state index is 13.5. The van der Waals surface area contributed by atoms with Crippen LogP contribution in [0.15, 0.2) is 205 Å². The SMILES string of the molecule is O[Si]1(c2ccccc2)O[Si](C2=CC=CCC2)(c2ccccc2)O[Si-](c2ccccc2)(c2ccccc2)O[Si](c2ccccc2)(c2ccccc2)O1. The topological polar surface area (TPSA) is 57.2 Å². The second-order valence-corrected chi connectivity index (χ2v) is 24.9. The number of hydrogen-bond acceptors (Lipinski definition) is 5. The Morgan fingerprint density at radius 2 is 0.824 bits per heavy atom. The standard InChI is InChI=1S/C42H38O5Si4/c43-51(42-34-20-7-21-35-42)46-49(38-26-12-3-13-27-38,39-28-14-4-15-29-39)44-48(36-22-8-1-9-23-36,37-24-10-2-11-25-37)45-50(47-51,40-30-16-5-17-31-40)41-32-18-6-19-33-41/h1-18,20-32,34-35,43H,19,33H2/q-1. The van der Waals surface area contributed by atoms with Crippen LogP contribution >= 0.6 is 0 Å². The predicted octanol–water partition coefficient (Wildman–Crippen LogP) is 4.58. The molecule has 1 aliphatic carbocycles. The van der Waals surface area contributed by atoms with E-state index in [4.69, 9.17) is 16.5 Å². The van der Waals surface area contributed by atoms with Gasteiger partial charge >= 0.3 is 25.9 Å². The van der Waals surface area contributed by atoms with Crippen molar-refractivity contribution in [3.8, 4) is 0 Å². The van der Waals surface area contributed by atoms with Gasteiger partial charge in [0.05, 0.1) is 0 Å². The summed E-state index contributed by atoms with van der Waals surface area (Å²) in [6, 6.07) is 60.5. The summed E-state index contributed by atoms with van der Waals surface area (Å²) in [5.41, 5.74) is 0. The van der Waals surface area contributed by atoms with E-state index in [9.17, 15) is 4.80 Å². The van der Waals surface area contributed by atoms with Crippen LogP contribution in [0.4, 0.5) is 0 Å². The average molecular weight is 735 g/mol. The normalized spacial score (nSPS) is 22.6. The van der Waals surface area contributed by atoms with Crippen LogP contribution < -0.4 is 31.1 Å². The van der Waals surface area contributed by atoms with Gasteiger partial charge in [-0.25, -0.2) is 0 Å². The van der Waals surface area contributed by atoms with Crippen molar-refractivity contribution in [2.45, 2.75) is 12.8 Å². The zero-order chi connectivity index (χ0) is 34.6. The van der Waals surface area contributed by atoms with E-state index in [1.807, 2.05) is 146 Å². The molecule has 253 valence electrons. The van der Waals surface area contributed by atoms with Gasteiger partial charge in [0, 0.05) is 5.19 Å². The highest BCUT2D eigenvalue weighted by atomic mass is 28.5. The van der Waals surface area contributed by atoms with E-state index in [1.165, 1.54) is 0 Å². The lowest BCUT2D eigenvalue weighted by Gasteiger charge is -2.60. The second kappa shape index (κ2) is 14.2. The molecule has 1 heterocycles. The lowest BCUT2D eigenvalue weighted by atomic mass is 10.2. The summed E-state index contributed by atoms with van der Waals surface area (Å²) in [7, 11) is -16.1. The van der Waals surface area contributed by atoms with Crippen molar-refractivity contribution in [1.82, 2.24) is 0 Å². The molecule has 51 heavy (non-hydrogen) atoms. The molecule has 0 aromatic heterocycles. The minimum absolute atomic E-state index is 0.592. The third kappa shape index (κ3) is 6.23. The van der Waals surface area contributed by atoms with Gasteiger partial charge in [-0.15, -0.1) is 10.4 Å². The molecule has 0 spiro atoms. The van der Waals surface area contributed by atoms with Crippen LogP contribution in [-0.4, -0.2) is 39.3 Å². The van der Waals surface area contributed by atoms with Gasteiger partial charge in [-0.3, -0.25) is 0 Å². The molecule has 1 N–H and O–H groups in total. The lowest BCUT2D eigenvalue weighted by Crippen LogP contribution is -2.85. The summed E-state index contributed by atoms with van der Waals surface area (Å²) < 4.78 is 31.5. The maximum absolute atomic E-state index is 13.5. The summed E-state index contributed by atoms with van der Waals surface area (Å²) >= 11 is 0. The largest absolute Gasteiger partial charge is 0.557 e. The molecule has 0 amide bonds. The molecule has 6 aromatic rings. The van der Waals surface area contributed by atoms with Gasteiger partial charge in [-0.05, 0) is 33.6 Å². The van der Waals surface area contributed by atoms with Crippen LogP contribution in [0.5, 0.6) is 0 Å². The first kappa shape index (κ1) is 33.6. The monoisotopic (exact) mass is 734 g/mol. The van der Waals surface area contributed by atoms with E-state index < -0.39 is 34.5 Å². The smallest absolute Gasteiger partial charge is 0.517 e. The van der Waals surface area contributed by atoms with Gasteiger partial charge in [-0.1, -0.05) is 200 Å². The number of hydrogen-bond donors (Lipinski definition) is 1. The summed E-state index contributed by atoms with van der Waals surface area (Å²) in [5.74, 6) is 0. The molecule has 0 saturated carbocycles. The maximum Gasteiger partial charge on any atom is 0.517 e. The van der Waals surface area contributed by atoms with Crippen molar-refractivity contribution in [2.75, 3.05) is 0 Å². The van der Waals surface area contributed by atoms with E-state index in [0.29, 0.717) is 11.6 Å². The number of benzene rings is 6. The van der Waals surface area contributed by atoms with Crippen LogP contribution in [-0.2, 0) is 16.5 Å². The fourth-order valence-corrected chi connectivity index (χ4v) is 27.9. The van der Waals surface area contributed by atoms with Crippen LogP contribution in [0, 0.1) is 0 Å². The van der Waals surface area contributed by atoms with E-state index in [2.05, 4.69) is 54.6 Å². The third-order valence-electron chi connectivity index (χ3n) is 9.48. The van der Waals surface area contributed by atoms with Gasteiger partial charge in [0.15, 0.2) is 8.56 Å². The zero-order valence-electron chi connectivity index (χ0n) is 28.0. The Morgan fingerprint density at radius 1 is 0.451 bits per heavy atom. The first-order valence-electron chi connectivity index (χ1n) is 17.3. The van der Waals surface area contributed by atoms with Gasteiger partial charge in [0.1, 0.15) is 0 Å². The average Bonchev–Trinajstić information content (AvgIpc) is 3.21. The zero-order valence-corrected chi connectivity index (χ0v) is 32.0. The lowest BCUT2D eigenvalue weighted by molar-refractivity contribution is 0.197. The quantitative estimate of drug-likeness (QED) is 0.244. The van der Waals surface area contributed by atoms with Crippen molar-refractivity contribution < 1.29 is 21.3 Å². The van der Waals surface area contributed by atoms with Crippen LogP contribution in [0.3, 0.4) is 0 Å². The minimum atomic E-state index is -4.43. The Balaban J connectivity index is 1.53. The van der Waals surface area contributed by atoms with Gasteiger partial charge in [-0.2, -0.15) is 0 Å². The molecule has 0 bridgehead atoms. The third-order valence-corrected chi connectivity index (χ3v) is 26.4. The van der Waals surface area contributed by atoms with Crippen LogP contribution in [0.1, 0.15) is 12.8 Å². The van der Waals surface area contributed by atoms with E-state index >= 15 is 0 Å². The van der Waals surface area contributed by atoms with Gasteiger partial charge in [0.25, 0.3) is 0 Å². The van der Waals surface area contributed by atoms with Crippen molar-refractivity contribution in [2.24, 2.45) is 0 Å². The van der Waals surface area contributed by atoms with E-state index in [-0.39, 0.29) is 0 Å². The number of allylic oxidation sites excluding steroid dienone is 4. The highest BCUT2D eigenvalue weighted by Crippen LogP contribution is 2.36. The molecule has 1 fully saturated rings. The van der Waals surface area contributed by atoms with E-state index in [0.717, 1.165) is 37.6 Å². The Labute approximate surface area is 303 Å². The minimum Gasteiger partial charge on any atom is -0.557 e. The molecule has 2 unspecified atom stereocenters. The highest BCUT2D eigenvalue weighted by molar-refractivity contribution is 7.12. The van der Waals surface area contributed by atoms with Crippen LogP contribution in [0.25, 0.3) is 0 Å². The second-order valence-electron chi connectivity index (χ2n) is 12.7. The molecule has 1 saturated heterocycles. The fourth-order valence-electron chi connectivity index (χ4n) is 7.05. The Morgan fingerprint density at radius 3 is 1.25 bits per heavy atom. The van der Waals surface area contributed by atoms with Crippen molar-refractivity contribution in [3.63, 3.8) is 0 Å². The molecule has 2 atom stereocenters. The summed E-state index contributed by atoms with van der Waals surface area (Å²) in [5, 5.41) is 6.05. The Bertz CT molecular complexity index is 2040. The Kier molecular flexibility index (Phi) is 9.38. The van der Waals surface area contributed by atoms with Crippen molar-refractivity contribution >= 4 is 65.6 Å². The van der Waals surface area contributed by atoms with Crippen molar-refractivity contribution in [1.29, 1.82) is 0 Å². The first-order chi connectivity index (χ1) is 25.1. The van der Waals surface area contributed by atoms with Gasteiger partial charge in [0.2, 0.25) is 0 Å². The highest BCUT2D eigenvalue weighted by Gasteiger charge is 2.63. The fraction of sp³-hybridized carbons (Fsp3) is 0.0476. The molecule has 0 radical (unpaired) electrons. The Hall–Kier alpha value is -4.53. The molecule has 1 aliphatic heterocycles. The first-order valence-corrected chi connectivity index (χ1v) is 24.5. The van der Waals surface area contributed by atoms with Gasteiger partial charge < -0.3 is 21.3 Å². The molecular formula is C42H38O5Si4-. The van der Waals surface area contributed by atoms with Crippen molar-refractivity contribution in [3.05, 3.63) is 205 Å². The molecular weight excluding hydrogens is 697 g/mol. The van der Waals surface area contributed by atoms with E-state index in [1.54, 1.807) is 0 Å². The molecule has 5 nitrogen and oxygen atoms in total. The molecule has 9 heteroatoms. The molecule has 2 aliphatic rings. The molecule has 8 rings (SSSR count). The summed E-state index contributed by atoms with van der Waals surface area (Å²) in [4.78, 5) is 13.5. The predicted molar refractivity (Wildman–Crippen MR) is 212 cm³/mol. The summed E-state index contributed by atoms with van der Waals surface area (Å²) in [6.07, 6.45) is 7.90. The van der Waals surface area contributed by atoms with Crippen LogP contribution in [0.2, 0.25) is 0 Å². The number of rotatable bonds is 7. The molecule has 6 aromatic carbocycles. The summed E-state index contributed by atoms with van der Waals surface area (Å²) in [6.45, 7) is 0.